The molecule has 0 saturated carbocycles. The van der Waals surface area contributed by atoms with Crippen LogP contribution in [0.4, 0.5) is 0 Å². The molecule has 0 radical (unpaired) electrons. The van der Waals surface area contributed by atoms with E-state index in [-0.39, 0.29) is 18.3 Å². The topological polar surface area (TPSA) is 52.6 Å². The molecule has 1 aliphatic rings. The largest absolute Gasteiger partial charge is 0.497 e. The number of rotatable bonds is 6. The first-order chi connectivity index (χ1) is 13.6. The predicted octanol–water partition coefficient (Wildman–Crippen LogP) is 4.58. The first kappa shape index (κ1) is 19.9. The highest BCUT2D eigenvalue weighted by atomic mass is 16.5. The second-order valence-corrected chi connectivity index (χ2v) is 6.94. The number of carbonyl (C=O) groups excluding carboxylic acids is 2. The van der Waals surface area contributed by atoms with Crippen LogP contribution in [-0.4, -0.2) is 25.5 Å². The van der Waals surface area contributed by atoms with Crippen molar-refractivity contribution in [3.05, 3.63) is 71.3 Å². The third-order valence-electron chi connectivity index (χ3n) is 5.26. The van der Waals surface area contributed by atoms with E-state index in [2.05, 4.69) is 19.1 Å². The van der Waals surface area contributed by atoms with Gasteiger partial charge in [0.2, 0.25) is 0 Å². The Morgan fingerprint density at radius 2 is 1.86 bits per heavy atom. The summed E-state index contributed by atoms with van der Waals surface area (Å²) in [6, 6.07) is 15.8. The lowest BCUT2D eigenvalue weighted by molar-refractivity contribution is -0.151. The van der Waals surface area contributed by atoms with Crippen molar-refractivity contribution in [3.8, 4) is 5.75 Å². The van der Waals surface area contributed by atoms with Crippen molar-refractivity contribution < 1.29 is 19.1 Å². The molecule has 0 spiro atoms. The van der Waals surface area contributed by atoms with Crippen molar-refractivity contribution in [2.45, 2.75) is 32.6 Å². The number of benzene rings is 2. The summed E-state index contributed by atoms with van der Waals surface area (Å²) in [7, 11) is 1.62. The van der Waals surface area contributed by atoms with Gasteiger partial charge in [-0.05, 0) is 60.2 Å². The molecule has 2 aromatic carbocycles. The van der Waals surface area contributed by atoms with Gasteiger partial charge in [-0.2, -0.15) is 0 Å². The van der Waals surface area contributed by atoms with Crippen molar-refractivity contribution >= 4 is 17.3 Å². The fourth-order valence-electron chi connectivity index (χ4n) is 3.72. The fourth-order valence-corrected chi connectivity index (χ4v) is 3.72. The van der Waals surface area contributed by atoms with Gasteiger partial charge in [-0.1, -0.05) is 43.3 Å². The summed E-state index contributed by atoms with van der Waals surface area (Å²) in [6.07, 6.45) is 3.13. The van der Waals surface area contributed by atoms with E-state index < -0.39 is 11.9 Å². The van der Waals surface area contributed by atoms with Crippen LogP contribution in [0, 0.1) is 5.92 Å². The molecule has 28 heavy (non-hydrogen) atoms. The Morgan fingerprint density at radius 1 is 1.11 bits per heavy atom. The molecule has 4 heteroatoms. The maximum Gasteiger partial charge on any atom is 0.317 e. The predicted molar refractivity (Wildman–Crippen MR) is 109 cm³/mol. The first-order valence-electron chi connectivity index (χ1n) is 9.71. The highest BCUT2D eigenvalue weighted by Crippen LogP contribution is 2.40. The second-order valence-electron chi connectivity index (χ2n) is 6.94. The standard InChI is InChI=1S/C24H26O4/c1-4-16-9-11-17(12-10-16)21-14-19(18-7-6-8-20(13-18)27-3)15-22(25)23(21)24(26)28-5-2/h6-13,15,21,23H,4-5,14H2,1-3H3. The van der Waals surface area contributed by atoms with E-state index in [1.807, 2.05) is 36.4 Å². The average molecular weight is 378 g/mol. The van der Waals surface area contributed by atoms with Gasteiger partial charge in [0.25, 0.3) is 0 Å². The van der Waals surface area contributed by atoms with E-state index in [1.165, 1.54) is 5.56 Å². The van der Waals surface area contributed by atoms with Crippen LogP contribution in [0.3, 0.4) is 0 Å². The van der Waals surface area contributed by atoms with Crippen molar-refractivity contribution in [3.63, 3.8) is 0 Å². The third-order valence-corrected chi connectivity index (χ3v) is 5.26. The Bertz CT molecular complexity index is 880. The van der Waals surface area contributed by atoms with Gasteiger partial charge in [0.15, 0.2) is 5.78 Å². The zero-order chi connectivity index (χ0) is 20.1. The Kier molecular flexibility index (Phi) is 6.30. The number of hydrogen-bond donors (Lipinski definition) is 0. The van der Waals surface area contributed by atoms with Crippen LogP contribution in [0.25, 0.3) is 5.57 Å². The summed E-state index contributed by atoms with van der Waals surface area (Å²) in [5, 5.41) is 0. The van der Waals surface area contributed by atoms with E-state index in [0.29, 0.717) is 6.42 Å². The number of esters is 1. The molecule has 0 amide bonds. The molecule has 3 rings (SSSR count). The molecule has 0 N–H and O–H groups in total. The smallest absolute Gasteiger partial charge is 0.317 e. The lowest BCUT2D eigenvalue weighted by Crippen LogP contribution is -2.34. The van der Waals surface area contributed by atoms with Crippen LogP contribution in [0.1, 0.15) is 42.9 Å². The van der Waals surface area contributed by atoms with Crippen LogP contribution in [0.2, 0.25) is 0 Å². The Hall–Kier alpha value is -2.88. The van der Waals surface area contributed by atoms with Crippen molar-refractivity contribution in [2.24, 2.45) is 5.92 Å². The first-order valence-corrected chi connectivity index (χ1v) is 9.71. The summed E-state index contributed by atoms with van der Waals surface area (Å²) in [6.45, 7) is 4.12. The highest BCUT2D eigenvalue weighted by molar-refractivity contribution is 6.10. The van der Waals surface area contributed by atoms with Crippen LogP contribution in [0.15, 0.2) is 54.6 Å². The summed E-state index contributed by atoms with van der Waals surface area (Å²) in [4.78, 5) is 25.5. The molecule has 2 aromatic rings. The lowest BCUT2D eigenvalue weighted by Gasteiger charge is -2.29. The van der Waals surface area contributed by atoms with Gasteiger partial charge < -0.3 is 9.47 Å². The van der Waals surface area contributed by atoms with Gasteiger partial charge in [0.05, 0.1) is 13.7 Å². The zero-order valence-corrected chi connectivity index (χ0v) is 16.6. The molecular weight excluding hydrogens is 352 g/mol. The number of carbonyl (C=O) groups is 2. The van der Waals surface area contributed by atoms with Gasteiger partial charge in [0.1, 0.15) is 11.7 Å². The highest BCUT2D eigenvalue weighted by Gasteiger charge is 2.39. The van der Waals surface area contributed by atoms with Crippen LogP contribution >= 0.6 is 0 Å². The van der Waals surface area contributed by atoms with Gasteiger partial charge in [-0.3, -0.25) is 9.59 Å². The van der Waals surface area contributed by atoms with Crippen molar-refractivity contribution in [1.82, 2.24) is 0 Å². The Labute approximate surface area is 166 Å². The molecule has 0 bridgehead atoms. The Balaban J connectivity index is 2.01. The summed E-state index contributed by atoms with van der Waals surface area (Å²) in [5.74, 6) is -0.960. The quantitative estimate of drug-likeness (QED) is 0.545. The molecule has 0 aliphatic heterocycles. The summed E-state index contributed by atoms with van der Waals surface area (Å²) in [5.41, 5.74) is 4.05. The number of allylic oxidation sites excluding steroid dienone is 2. The molecule has 146 valence electrons. The van der Waals surface area contributed by atoms with Crippen molar-refractivity contribution in [1.29, 1.82) is 0 Å². The summed E-state index contributed by atoms with van der Waals surface area (Å²) < 4.78 is 10.5. The van der Waals surface area contributed by atoms with E-state index >= 15 is 0 Å². The number of methoxy groups -OCH3 is 1. The van der Waals surface area contributed by atoms with E-state index in [9.17, 15) is 9.59 Å². The molecular formula is C24H26O4. The zero-order valence-electron chi connectivity index (χ0n) is 16.6. The second kappa shape index (κ2) is 8.87. The minimum Gasteiger partial charge on any atom is -0.497 e. The van der Waals surface area contributed by atoms with Crippen LogP contribution in [0.5, 0.6) is 5.75 Å². The molecule has 2 atom stereocenters. The number of ether oxygens (including phenoxy) is 2. The van der Waals surface area contributed by atoms with E-state index in [0.717, 1.165) is 28.9 Å². The molecule has 0 fully saturated rings. The molecule has 0 saturated heterocycles. The SMILES string of the molecule is CCOC(=O)C1C(=O)C=C(c2cccc(OC)c2)CC1c1ccc(CC)cc1. The summed E-state index contributed by atoms with van der Waals surface area (Å²) >= 11 is 0. The molecule has 4 nitrogen and oxygen atoms in total. The number of hydrogen-bond acceptors (Lipinski definition) is 4. The van der Waals surface area contributed by atoms with Crippen LogP contribution < -0.4 is 4.74 Å². The maximum atomic E-state index is 12.9. The van der Waals surface area contributed by atoms with Gasteiger partial charge in [0, 0.05) is 5.92 Å². The monoisotopic (exact) mass is 378 g/mol. The van der Waals surface area contributed by atoms with E-state index in [1.54, 1.807) is 20.1 Å². The lowest BCUT2D eigenvalue weighted by atomic mass is 9.73. The third kappa shape index (κ3) is 4.16. The van der Waals surface area contributed by atoms with Crippen molar-refractivity contribution in [2.75, 3.05) is 13.7 Å². The number of aryl methyl sites for hydroxylation is 1. The normalized spacial score (nSPS) is 19.1. The fraction of sp³-hybridized carbons (Fsp3) is 0.333. The van der Waals surface area contributed by atoms with Crippen LogP contribution in [-0.2, 0) is 20.7 Å². The Morgan fingerprint density at radius 3 is 2.50 bits per heavy atom. The van der Waals surface area contributed by atoms with Gasteiger partial charge in [-0.15, -0.1) is 0 Å². The minimum atomic E-state index is -0.804. The molecule has 0 aromatic heterocycles. The van der Waals surface area contributed by atoms with Gasteiger partial charge in [-0.25, -0.2) is 0 Å². The molecule has 1 aliphatic carbocycles. The average Bonchev–Trinajstić information content (AvgIpc) is 2.73. The number of ketones is 1. The molecule has 2 unspecified atom stereocenters. The maximum absolute atomic E-state index is 12.9. The van der Waals surface area contributed by atoms with Gasteiger partial charge >= 0.3 is 5.97 Å². The minimum absolute atomic E-state index is 0.202. The molecule has 0 heterocycles. The van der Waals surface area contributed by atoms with E-state index in [4.69, 9.17) is 9.47 Å².